The molecule has 0 spiro atoms. The van der Waals surface area contributed by atoms with Gasteiger partial charge in [-0.25, -0.2) is 9.37 Å². The van der Waals surface area contributed by atoms with E-state index in [-0.39, 0.29) is 11.6 Å². The zero-order valence-electron chi connectivity index (χ0n) is 10.3. The number of halogens is 1. The highest BCUT2D eigenvalue weighted by atomic mass is 19.1. The highest BCUT2D eigenvalue weighted by Crippen LogP contribution is 2.29. The summed E-state index contributed by atoms with van der Waals surface area (Å²) in [5, 5.41) is 10.3. The zero-order valence-corrected chi connectivity index (χ0v) is 10.3. The SMILES string of the molecule is Cc1cc(F)cc(C(O)c2c(C)ccnc2N)c1. The van der Waals surface area contributed by atoms with E-state index in [1.165, 1.54) is 12.1 Å². The number of hydrogen-bond acceptors (Lipinski definition) is 3. The molecule has 1 heterocycles. The third-order valence-electron chi connectivity index (χ3n) is 2.89. The van der Waals surface area contributed by atoms with Gasteiger partial charge in [0.1, 0.15) is 17.7 Å². The third-order valence-corrected chi connectivity index (χ3v) is 2.89. The molecule has 0 bridgehead atoms. The lowest BCUT2D eigenvalue weighted by Crippen LogP contribution is -2.08. The van der Waals surface area contributed by atoms with Crippen molar-refractivity contribution in [1.82, 2.24) is 4.98 Å². The molecule has 1 atom stereocenters. The van der Waals surface area contributed by atoms with Crippen molar-refractivity contribution in [2.24, 2.45) is 0 Å². The van der Waals surface area contributed by atoms with Crippen molar-refractivity contribution in [3.63, 3.8) is 0 Å². The molecule has 2 aromatic rings. The van der Waals surface area contributed by atoms with Gasteiger partial charge in [0, 0.05) is 11.8 Å². The van der Waals surface area contributed by atoms with Crippen LogP contribution in [0.1, 0.15) is 28.4 Å². The van der Waals surface area contributed by atoms with E-state index in [9.17, 15) is 9.50 Å². The van der Waals surface area contributed by atoms with Crippen LogP contribution in [0.5, 0.6) is 0 Å². The molecule has 0 aliphatic heterocycles. The van der Waals surface area contributed by atoms with Gasteiger partial charge in [0.15, 0.2) is 0 Å². The lowest BCUT2D eigenvalue weighted by atomic mass is 9.97. The number of rotatable bonds is 2. The fraction of sp³-hybridized carbons (Fsp3) is 0.214. The second-order valence-electron chi connectivity index (χ2n) is 4.39. The topological polar surface area (TPSA) is 59.1 Å². The fourth-order valence-electron chi connectivity index (χ4n) is 2.04. The summed E-state index contributed by atoms with van der Waals surface area (Å²) in [6.07, 6.45) is 0.616. The van der Waals surface area contributed by atoms with Crippen molar-refractivity contribution >= 4 is 5.82 Å². The zero-order chi connectivity index (χ0) is 13.3. The predicted molar refractivity (Wildman–Crippen MR) is 68.6 cm³/mol. The number of nitrogen functional groups attached to an aromatic ring is 1. The van der Waals surface area contributed by atoms with E-state index in [0.717, 1.165) is 11.1 Å². The summed E-state index contributed by atoms with van der Waals surface area (Å²) in [7, 11) is 0. The quantitative estimate of drug-likeness (QED) is 0.856. The summed E-state index contributed by atoms with van der Waals surface area (Å²) in [4.78, 5) is 3.96. The van der Waals surface area contributed by atoms with Crippen molar-refractivity contribution in [2.75, 3.05) is 5.73 Å². The first-order valence-corrected chi connectivity index (χ1v) is 5.65. The molecule has 1 aromatic carbocycles. The highest BCUT2D eigenvalue weighted by Gasteiger charge is 2.17. The molecule has 1 unspecified atom stereocenters. The van der Waals surface area contributed by atoms with Crippen LogP contribution in [0, 0.1) is 19.7 Å². The highest BCUT2D eigenvalue weighted by molar-refractivity contribution is 5.49. The minimum absolute atomic E-state index is 0.268. The molecule has 0 fully saturated rings. The van der Waals surface area contributed by atoms with Gasteiger partial charge in [-0.2, -0.15) is 0 Å². The molecule has 3 nitrogen and oxygen atoms in total. The Hall–Kier alpha value is -1.94. The molecule has 0 saturated heterocycles. The Morgan fingerprint density at radius 1 is 1.28 bits per heavy atom. The van der Waals surface area contributed by atoms with Crippen LogP contribution in [-0.2, 0) is 0 Å². The van der Waals surface area contributed by atoms with Crippen LogP contribution in [0.4, 0.5) is 10.2 Å². The Bertz CT molecular complexity index is 544. The number of aryl methyl sites for hydroxylation is 2. The number of nitrogens with zero attached hydrogens (tertiary/aromatic N) is 1. The Labute approximate surface area is 105 Å². The first kappa shape index (κ1) is 12.5. The van der Waals surface area contributed by atoms with Crippen LogP contribution in [0.3, 0.4) is 0 Å². The van der Waals surface area contributed by atoms with Gasteiger partial charge in [0.2, 0.25) is 0 Å². The van der Waals surface area contributed by atoms with Gasteiger partial charge in [-0.05, 0) is 48.7 Å². The maximum atomic E-state index is 13.3. The van der Waals surface area contributed by atoms with Crippen LogP contribution in [-0.4, -0.2) is 10.1 Å². The van der Waals surface area contributed by atoms with Gasteiger partial charge in [0.05, 0.1) is 0 Å². The molecule has 4 heteroatoms. The summed E-state index contributed by atoms with van der Waals surface area (Å²) in [5.74, 6) is -0.103. The maximum absolute atomic E-state index is 13.3. The smallest absolute Gasteiger partial charge is 0.129 e. The average Bonchev–Trinajstić information content (AvgIpc) is 2.27. The van der Waals surface area contributed by atoms with Crippen molar-refractivity contribution in [1.29, 1.82) is 0 Å². The van der Waals surface area contributed by atoms with E-state index in [4.69, 9.17) is 5.73 Å². The molecule has 0 radical (unpaired) electrons. The van der Waals surface area contributed by atoms with E-state index in [1.54, 1.807) is 25.3 Å². The molecular formula is C14H15FN2O. The van der Waals surface area contributed by atoms with Crippen molar-refractivity contribution in [3.8, 4) is 0 Å². The minimum atomic E-state index is -0.965. The number of anilines is 1. The van der Waals surface area contributed by atoms with Gasteiger partial charge >= 0.3 is 0 Å². The molecule has 18 heavy (non-hydrogen) atoms. The van der Waals surface area contributed by atoms with Crippen LogP contribution in [0.25, 0.3) is 0 Å². The molecule has 0 amide bonds. The summed E-state index contributed by atoms with van der Waals surface area (Å²) >= 11 is 0. The predicted octanol–water partition coefficient (Wildman–Crippen LogP) is 2.50. The van der Waals surface area contributed by atoms with Crippen LogP contribution < -0.4 is 5.73 Å². The number of benzene rings is 1. The van der Waals surface area contributed by atoms with Crippen LogP contribution in [0.2, 0.25) is 0 Å². The van der Waals surface area contributed by atoms with Crippen LogP contribution >= 0.6 is 0 Å². The molecule has 94 valence electrons. The number of nitrogens with two attached hydrogens (primary N) is 1. The van der Waals surface area contributed by atoms with E-state index in [1.807, 2.05) is 6.92 Å². The maximum Gasteiger partial charge on any atom is 0.129 e. The van der Waals surface area contributed by atoms with E-state index >= 15 is 0 Å². The second-order valence-corrected chi connectivity index (χ2v) is 4.39. The van der Waals surface area contributed by atoms with Gasteiger partial charge in [-0.1, -0.05) is 6.07 Å². The first-order chi connectivity index (χ1) is 8.49. The number of aromatic nitrogens is 1. The summed E-state index contributed by atoms with van der Waals surface area (Å²) in [6.45, 7) is 3.61. The molecular weight excluding hydrogens is 231 g/mol. The van der Waals surface area contributed by atoms with Gasteiger partial charge in [-0.15, -0.1) is 0 Å². The van der Waals surface area contributed by atoms with Crippen molar-refractivity contribution < 1.29 is 9.50 Å². The molecule has 1 aromatic heterocycles. The minimum Gasteiger partial charge on any atom is -0.384 e. The Morgan fingerprint density at radius 2 is 2.00 bits per heavy atom. The number of aliphatic hydroxyl groups is 1. The van der Waals surface area contributed by atoms with Crippen molar-refractivity contribution in [2.45, 2.75) is 20.0 Å². The van der Waals surface area contributed by atoms with Gasteiger partial charge in [-0.3, -0.25) is 0 Å². The summed E-state index contributed by atoms with van der Waals surface area (Å²) in [6, 6.07) is 6.22. The third kappa shape index (κ3) is 2.33. The van der Waals surface area contributed by atoms with Crippen molar-refractivity contribution in [3.05, 3.63) is 58.5 Å². The molecule has 0 saturated carbocycles. The Balaban J connectivity index is 2.51. The van der Waals surface area contributed by atoms with Crippen LogP contribution in [0.15, 0.2) is 30.5 Å². The first-order valence-electron chi connectivity index (χ1n) is 5.65. The molecule has 0 aliphatic rings. The number of pyridine rings is 1. The van der Waals surface area contributed by atoms with E-state index < -0.39 is 6.10 Å². The Kier molecular flexibility index (Phi) is 3.30. The monoisotopic (exact) mass is 246 g/mol. The van der Waals surface area contributed by atoms with E-state index in [2.05, 4.69) is 4.98 Å². The lowest BCUT2D eigenvalue weighted by Gasteiger charge is -2.16. The normalized spacial score (nSPS) is 12.4. The Morgan fingerprint density at radius 3 is 2.61 bits per heavy atom. The lowest BCUT2D eigenvalue weighted by molar-refractivity contribution is 0.219. The molecule has 3 N–H and O–H groups in total. The number of aliphatic hydroxyl groups excluding tert-OH is 1. The fourth-order valence-corrected chi connectivity index (χ4v) is 2.04. The summed E-state index contributed by atoms with van der Waals surface area (Å²) < 4.78 is 13.3. The molecule has 0 aliphatic carbocycles. The standard InChI is InChI=1S/C14H15FN2O/c1-8-5-10(7-11(15)6-8)13(18)12-9(2)3-4-17-14(12)16/h3-7,13,18H,1-2H3,(H2,16,17). The second kappa shape index (κ2) is 4.74. The van der Waals surface area contributed by atoms with E-state index in [0.29, 0.717) is 11.1 Å². The largest absolute Gasteiger partial charge is 0.384 e. The average molecular weight is 246 g/mol. The van der Waals surface area contributed by atoms with Gasteiger partial charge in [0.25, 0.3) is 0 Å². The summed E-state index contributed by atoms with van der Waals surface area (Å²) in [5.41, 5.74) is 8.37. The van der Waals surface area contributed by atoms with Gasteiger partial charge < -0.3 is 10.8 Å². The number of hydrogen-bond donors (Lipinski definition) is 2. The molecule has 2 rings (SSSR count).